The Morgan fingerprint density at radius 2 is 1.81 bits per heavy atom. The number of rotatable bonds is 9. The van der Waals surface area contributed by atoms with E-state index in [1.54, 1.807) is 19.1 Å². The number of carbonyl (C=O) groups excluding carboxylic acids is 2. The summed E-state index contributed by atoms with van der Waals surface area (Å²) in [5, 5.41) is 3.20. The summed E-state index contributed by atoms with van der Waals surface area (Å²) in [6, 6.07) is 9.05. The van der Waals surface area contributed by atoms with Crippen molar-refractivity contribution in [2.75, 3.05) is 24.2 Å². The number of sulfonamides is 1. The van der Waals surface area contributed by atoms with E-state index in [1.807, 2.05) is 0 Å². The summed E-state index contributed by atoms with van der Waals surface area (Å²) >= 11 is 12.2. The molecule has 0 saturated carbocycles. The highest BCUT2D eigenvalue weighted by molar-refractivity contribution is 7.92. The van der Waals surface area contributed by atoms with Gasteiger partial charge in [0, 0.05) is 23.6 Å². The first-order chi connectivity index (χ1) is 15.0. The molecule has 0 aliphatic carbocycles. The molecule has 2 rings (SSSR count). The van der Waals surface area contributed by atoms with Gasteiger partial charge in [-0.05, 0) is 36.2 Å². The smallest absolute Gasteiger partial charge is 0.244 e. The van der Waals surface area contributed by atoms with Gasteiger partial charge in [-0.25, -0.2) is 12.8 Å². The van der Waals surface area contributed by atoms with Crippen LogP contribution < -0.4 is 9.62 Å². The minimum atomic E-state index is -4.01. The normalized spacial score (nSPS) is 12.2. The second-order valence-electron chi connectivity index (χ2n) is 7.02. The van der Waals surface area contributed by atoms with Crippen molar-refractivity contribution < 1.29 is 22.4 Å². The van der Waals surface area contributed by atoms with Gasteiger partial charge in [-0.3, -0.25) is 13.9 Å². The lowest BCUT2D eigenvalue weighted by molar-refractivity contribution is -0.140. The molecule has 32 heavy (non-hydrogen) atoms. The molecule has 0 heterocycles. The maximum atomic E-state index is 14.3. The van der Waals surface area contributed by atoms with Gasteiger partial charge in [0.2, 0.25) is 21.8 Å². The Morgan fingerprint density at radius 3 is 2.34 bits per heavy atom. The summed E-state index contributed by atoms with van der Waals surface area (Å²) in [7, 11) is -2.58. The maximum absolute atomic E-state index is 14.3. The molecule has 11 heteroatoms. The molecule has 0 saturated heterocycles. The van der Waals surface area contributed by atoms with E-state index in [2.05, 4.69) is 5.32 Å². The van der Waals surface area contributed by atoms with E-state index in [-0.39, 0.29) is 23.7 Å². The van der Waals surface area contributed by atoms with Crippen molar-refractivity contribution in [1.29, 1.82) is 0 Å². The van der Waals surface area contributed by atoms with Crippen LogP contribution >= 0.6 is 23.2 Å². The molecule has 0 aromatic heterocycles. The fraction of sp³-hybridized carbons (Fsp3) is 0.333. The first kappa shape index (κ1) is 25.9. The highest BCUT2D eigenvalue weighted by Crippen LogP contribution is 2.25. The molecule has 0 bridgehead atoms. The van der Waals surface area contributed by atoms with Gasteiger partial charge in [0.15, 0.2) is 0 Å². The van der Waals surface area contributed by atoms with Gasteiger partial charge in [-0.2, -0.15) is 0 Å². The Bertz CT molecular complexity index is 1100. The van der Waals surface area contributed by atoms with E-state index in [4.69, 9.17) is 23.2 Å². The fourth-order valence-electron chi connectivity index (χ4n) is 3.17. The van der Waals surface area contributed by atoms with Crippen LogP contribution in [0.15, 0.2) is 42.5 Å². The van der Waals surface area contributed by atoms with Crippen molar-refractivity contribution in [2.45, 2.75) is 25.9 Å². The summed E-state index contributed by atoms with van der Waals surface area (Å²) in [4.78, 5) is 27.0. The van der Waals surface area contributed by atoms with Crippen LogP contribution in [0.25, 0.3) is 0 Å². The van der Waals surface area contributed by atoms with Crippen LogP contribution in [0, 0.1) is 5.82 Å². The van der Waals surface area contributed by atoms with E-state index < -0.39 is 40.2 Å². The summed E-state index contributed by atoms with van der Waals surface area (Å²) in [6.45, 7) is 0.947. The molecule has 2 aromatic rings. The molecule has 174 valence electrons. The molecule has 2 aromatic carbocycles. The Hall–Kier alpha value is -2.36. The average molecular weight is 504 g/mol. The van der Waals surface area contributed by atoms with Gasteiger partial charge in [0.05, 0.1) is 11.9 Å². The number of amides is 2. The van der Waals surface area contributed by atoms with Crippen LogP contribution in [0.2, 0.25) is 10.0 Å². The molecular weight excluding hydrogens is 480 g/mol. The van der Waals surface area contributed by atoms with Gasteiger partial charge in [0.1, 0.15) is 18.4 Å². The minimum Gasteiger partial charge on any atom is -0.357 e. The highest BCUT2D eigenvalue weighted by Gasteiger charge is 2.32. The fourth-order valence-corrected chi connectivity index (χ4v) is 4.49. The van der Waals surface area contributed by atoms with Gasteiger partial charge in [-0.1, -0.05) is 48.3 Å². The molecular formula is C21H24Cl2FN3O4S. The van der Waals surface area contributed by atoms with Gasteiger partial charge < -0.3 is 10.2 Å². The number of hydrogen-bond acceptors (Lipinski definition) is 4. The minimum absolute atomic E-state index is 0.0738. The zero-order chi connectivity index (χ0) is 24.1. The molecule has 0 aliphatic heterocycles. The Morgan fingerprint density at radius 1 is 1.16 bits per heavy atom. The predicted molar refractivity (Wildman–Crippen MR) is 124 cm³/mol. The number of carbonyl (C=O) groups is 2. The van der Waals surface area contributed by atoms with Crippen molar-refractivity contribution in [3.63, 3.8) is 0 Å². The number of nitrogens with one attached hydrogen (secondary N) is 1. The molecule has 1 atom stereocenters. The molecule has 0 spiro atoms. The lowest BCUT2D eigenvalue weighted by Crippen LogP contribution is -2.51. The quantitative estimate of drug-likeness (QED) is 0.567. The third kappa shape index (κ3) is 6.34. The number of nitrogens with zero attached hydrogens (tertiary/aromatic N) is 2. The standard InChI is InChI=1S/C21H24Cl2FN3O4S/c1-4-18(21(29)25-2)26(12-14-9-10-15(22)11-16(14)23)20(28)13-27(32(3,30)31)19-8-6-5-7-17(19)24/h5-11,18H,4,12-13H2,1-3H3,(H,25,29)/t18-/m1/s1. The lowest BCUT2D eigenvalue weighted by Gasteiger charge is -2.32. The summed E-state index contributed by atoms with van der Waals surface area (Å²) < 4.78 is 39.8. The zero-order valence-corrected chi connectivity index (χ0v) is 20.1. The van der Waals surface area contributed by atoms with Gasteiger partial charge in [0.25, 0.3) is 0 Å². The highest BCUT2D eigenvalue weighted by atomic mass is 35.5. The van der Waals surface area contributed by atoms with E-state index >= 15 is 0 Å². The molecule has 2 amide bonds. The van der Waals surface area contributed by atoms with Crippen molar-refractivity contribution >= 4 is 50.7 Å². The Labute approximate surface area is 197 Å². The van der Waals surface area contributed by atoms with Crippen molar-refractivity contribution in [3.8, 4) is 0 Å². The van der Waals surface area contributed by atoms with Crippen LogP contribution in [-0.4, -0.2) is 51.0 Å². The van der Waals surface area contributed by atoms with Gasteiger partial charge >= 0.3 is 0 Å². The molecule has 0 aliphatic rings. The van der Waals surface area contributed by atoms with E-state index in [0.29, 0.717) is 14.9 Å². The van der Waals surface area contributed by atoms with Crippen molar-refractivity contribution in [2.24, 2.45) is 0 Å². The average Bonchev–Trinajstić information content (AvgIpc) is 2.72. The molecule has 0 radical (unpaired) electrons. The van der Waals surface area contributed by atoms with Crippen LogP contribution in [0.4, 0.5) is 10.1 Å². The monoisotopic (exact) mass is 503 g/mol. The second-order valence-corrected chi connectivity index (χ2v) is 9.77. The molecule has 0 unspecified atom stereocenters. The zero-order valence-electron chi connectivity index (χ0n) is 17.8. The number of hydrogen-bond donors (Lipinski definition) is 1. The number of likely N-dealkylation sites (N-methyl/N-ethyl adjacent to an activating group) is 1. The van der Waals surface area contributed by atoms with E-state index in [9.17, 15) is 22.4 Å². The first-order valence-electron chi connectivity index (χ1n) is 9.66. The first-order valence-corrected chi connectivity index (χ1v) is 12.3. The van der Waals surface area contributed by atoms with E-state index in [1.165, 1.54) is 36.2 Å². The van der Waals surface area contributed by atoms with Crippen LogP contribution in [-0.2, 0) is 26.2 Å². The number of para-hydroxylation sites is 1. The van der Waals surface area contributed by atoms with Gasteiger partial charge in [-0.15, -0.1) is 0 Å². The van der Waals surface area contributed by atoms with Crippen LogP contribution in [0.5, 0.6) is 0 Å². The molecule has 0 fully saturated rings. The molecule has 1 N–H and O–H groups in total. The lowest BCUT2D eigenvalue weighted by atomic mass is 10.1. The Kier molecular flexibility index (Phi) is 8.89. The van der Waals surface area contributed by atoms with Crippen molar-refractivity contribution in [3.05, 3.63) is 63.9 Å². The summed E-state index contributed by atoms with van der Waals surface area (Å²) in [5.41, 5.74) is 0.254. The summed E-state index contributed by atoms with van der Waals surface area (Å²) in [5.74, 6) is -1.92. The third-order valence-electron chi connectivity index (χ3n) is 4.79. The molecule has 7 nitrogen and oxygen atoms in total. The summed E-state index contributed by atoms with van der Waals surface area (Å²) in [6.07, 6.45) is 1.14. The van der Waals surface area contributed by atoms with Crippen LogP contribution in [0.1, 0.15) is 18.9 Å². The largest absolute Gasteiger partial charge is 0.357 e. The SMILES string of the molecule is CC[C@H](C(=O)NC)N(Cc1ccc(Cl)cc1Cl)C(=O)CN(c1ccccc1F)S(C)(=O)=O. The van der Waals surface area contributed by atoms with Crippen LogP contribution in [0.3, 0.4) is 0 Å². The second kappa shape index (κ2) is 11.0. The maximum Gasteiger partial charge on any atom is 0.244 e. The van der Waals surface area contributed by atoms with E-state index in [0.717, 1.165) is 12.3 Å². The Balaban J connectivity index is 2.47. The number of anilines is 1. The number of halogens is 3. The predicted octanol–water partition coefficient (Wildman–Crippen LogP) is 3.45. The number of benzene rings is 2. The van der Waals surface area contributed by atoms with Crippen molar-refractivity contribution in [1.82, 2.24) is 10.2 Å². The third-order valence-corrected chi connectivity index (χ3v) is 6.50. The topological polar surface area (TPSA) is 86.8 Å².